The number of rotatable bonds is 14. The fourth-order valence-corrected chi connectivity index (χ4v) is 3.06. The van der Waals surface area contributed by atoms with Crippen LogP contribution in [0.1, 0.15) is 87.1 Å². The van der Waals surface area contributed by atoms with Crippen molar-refractivity contribution in [1.82, 2.24) is 5.32 Å². The van der Waals surface area contributed by atoms with Gasteiger partial charge in [-0.3, -0.25) is 5.32 Å². The molecule has 0 saturated carbocycles. The molecule has 0 radical (unpaired) electrons. The number of benzene rings is 1. The molecule has 226 valence electrons. The molecule has 0 aliphatic rings. The molecule has 0 fully saturated rings. The summed E-state index contributed by atoms with van der Waals surface area (Å²) < 4.78 is 31.6. The van der Waals surface area contributed by atoms with Crippen LogP contribution in [-0.2, 0) is 30.2 Å². The Bertz CT molecular complexity index is 1020. The summed E-state index contributed by atoms with van der Waals surface area (Å²) in [4.78, 5) is 49.8. The summed E-state index contributed by atoms with van der Waals surface area (Å²) in [7, 11) is 0. The standard InChI is InChI=1S/C28H43NO11/c1-10-18(6)35-24(32)37-21-14-13-20(15-22(21)38-25(33)36-19(7)11-2)16-28(23(30)31,29-17(4)5)40-26(34)39-27(8,9)12-3/h13-15,17-19,29H,10-12,16H2,1-9H3,(H,30,31)/t18?,19?,28-/m0/s1. The maximum atomic E-state index is 12.6. The molecular formula is C28H43NO11. The largest absolute Gasteiger partial charge is 0.514 e. The molecule has 2 N–H and O–H groups in total. The third-order valence-electron chi connectivity index (χ3n) is 5.93. The molecule has 0 aromatic heterocycles. The highest BCUT2D eigenvalue weighted by molar-refractivity contribution is 5.80. The van der Waals surface area contributed by atoms with E-state index in [1.165, 1.54) is 18.2 Å². The molecule has 0 aliphatic carbocycles. The minimum absolute atomic E-state index is 0.166. The summed E-state index contributed by atoms with van der Waals surface area (Å²) in [6.07, 6.45) is -2.97. The third kappa shape index (κ3) is 11.3. The second kappa shape index (κ2) is 15.3. The van der Waals surface area contributed by atoms with Gasteiger partial charge in [0.2, 0.25) is 0 Å². The van der Waals surface area contributed by atoms with Crippen LogP contribution in [0.25, 0.3) is 0 Å². The number of hydrogen-bond acceptors (Lipinski definition) is 11. The van der Waals surface area contributed by atoms with E-state index in [1.54, 1.807) is 48.5 Å². The SMILES string of the molecule is CCC(C)OC(=O)Oc1ccc(C[C@](NC(C)C)(OC(=O)OC(C)(C)CC)C(=O)O)cc1OC(=O)OC(C)CC. The van der Waals surface area contributed by atoms with E-state index in [4.69, 9.17) is 28.4 Å². The van der Waals surface area contributed by atoms with Crippen LogP contribution in [0.4, 0.5) is 14.4 Å². The van der Waals surface area contributed by atoms with Crippen LogP contribution in [0, 0.1) is 0 Å². The van der Waals surface area contributed by atoms with Crippen LogP contribution in [0.2, 0.25) is 0 Å². The lowest BCUT2D eigenvalue weighted by Gasteiger charge is -2.33. The van der Waals surface area contributed by atoms with E-state index < -0.39 is 60.4 Å². The zero-order valence-corrected chi connectivity index (χ0v) is 24.8. The normalized spacial score (nSPS) is 14.3. The van der Waals surface area contributed by atoms with E-state index in [2.05, 4.69) is 5.32 Å². The van der Waals surface area contributed by atoms with E-state index in [0.717, 1.165) is 0 Å². The fourth-order valence-electron chi connectivity index (χ4n) is 3.06. The van der Waals surface area contributed by atoms with Crippen LogP contribution in [0.5, 0.6) is 11.5 Å². The van der Waals surface area contributed by atoms with Crippen molar-refractivity contribution in [2.75, 3.05) is 0 Å². The molecule has 0 saturated heterocycles. The molecule has 0 aliphatic heterocycles. The van der Waals surface area contributed by atoms with Crippen molar-refractivity contribution in [1.29, 1.82) is 0 Å². The Balaban J connectivity index is 3.45. The summed E-state index contributed by atoms with van der Waals surface area (Å²) in [5.41, 5.74) is -2.88. The van der Waals surface area contributed by atoms with Crippen molar-refractivity contribution in [3.63, 3.8) is 0 Å². The van der Waals surface area contributed by atoms with Gasteiger partial charge in [0.1, 0.15) is 17.8 Å². The summed E-state index contributed by atoms with van der Waals surface area (Å²) in [5, 5.41) is 13.0. The lowest BCUT2D eigenvalue weighted by Crippen LogP contribution is -2.59. The molecule has 1 aromatic rings. The van der Waals surface area contributed by atoms with Crippen molar-refractivity contribution in [2.24, 2.45) is 0 Å². The smallest absolute Gasteiger partial charge is 0.477 e. The molecule has 40 heavy (non-hydrogen) atoms. The second-order valence-corrected chi connectivity index (χ2v) is 10.3. The quantitative estimate of drug-likeness (QED) is 0.117. The Morgan fingerprint density at radius 3 is 1.80 bits per heavy atom. The van der Waals surface area contributed by atoms with E-state index in [1.807, 2.05) is 13.8 Å². The van der Waals surface area contributed by atoms with Crippen LogP contribution in [-0.4, -0.2) is 59.1 Å². The third-order valence-corrected chi connectivity index (χ3v) is 5.93. The Hall–Kier alpha value is -3.54. The van der Waals surface area contributed by atoms with Gasteiger partial charge in [-0.2, -0.15) is 0 Å². The minimum atomic E-state index is -2.25. The number of carboxylic acids is 1. The van der Waals surface area contributed by atoms with E-state index in [0.29, 0.717) is 19.3 Å². The Kier molecular flexibility index (Phi) is 13.2. The lowest BCUT2D eigenvalue weighted by atomic mass is 10.0. The highest BCUT2D eigenvalue weighted by Crippen LogP contribution is 2.32. The number of aliphatic carboxylic acids is 1. The van der Waals surface area contributed by atoms with E-state index >= 15 is 0 Å². The Morgan fingerprint density at radius 2 is 1.35 bits per heavy atom. The molecule has 0 spiro atoms. The minimum Gasteiger partial charge on any atom is -0.477 e. The molecule has 12 heteroatoms. The maximum absolute atomic E-state index is 12.6. The molecule has 1 rings (SSSR count). The van der Waals surface area contributed by atoms with Crippen molar-refractivity contribution in [2.45, 2.75) is 118 Å². The van der Waals surface area contributed by atoms with Gasteiger partial charge in [-0.05, 0) is 78.5 Å². The number of hydrogen-bond donors (Lipinski definition) is 2. The van der Waals surface area contributed by atoms with Gasteiger partial charge < -0.3 is 33.5 Å². The summed E-state index contributed by atoms with van der Waals surface area (Å²) >= 11 is 0. The number of nitrogens with one attached hydrogen (secondary N) is 1. The molecular weight excluding hydrogens is 526 g/mol. The lowest BCUT2D eigenvalue weighted by molar-refractivity contribution is -0.169. The number of carbonyl (C=O) groups is 4. The van der Waals surface area contributed by atoms with Crippen LogP contribution < -0.4 is 14.8 Å². The van der Waals surface area contributed by atoms with Gasteiger partial charge in [0.05, 0.1) is 0 Å². The molecule has 2 unspecified atom stereocenters. The van der Waals surface area contributed by atoms with Crippen molar-refractivity contribution < 1.29 is 52.7 Å². The first-order valence-electron chi connectivity index (χ1n) is 13.4. The monoisotopic (exact) mass is 569 g/mol. The van der Waals surface area contributed by atoms with Gasteiger partial charge in [0, 0.05) is 12.5 Å². The van der Waals surface area contributed by atoms with Crippen molar-refractivity contribution >= 4 is 24.4 Å². The molecule has 3 atom stereocenters. The molecule has 1 aromatic carbocycles. The average molecular weight is 570 g/mol. The number of carbonyl (C=O) groups excluding carboxylic acids is 3. The summed E-state index contributed by atoms with van der Waals surface area (Å²) in [5.74, 6) is -1.88. The van der Waals surface area contributed by atoms with Crippen LogP contribution in [0.15, 0.2) is 18.2 Å². The van der Waals surface area contributed by atoms with Crippen LogP contribution in [0.3, 0.4) is 0 Å². The second-order valence-electron chi connectivity index (χ2n) is 10.3. The maximum Gasteiger partial charge on any atom is 0.514 e. The molecule has 0 bridgehead atoms. The highest BCUT2D eigenvalue weighted by atomic mass is 16.8. The van der Waals surface area contributed by atoms with Crippen molar-refractivity contribution in [3.05, 3.63) is 23.8 Å². The van der Waals surface area contributed by atoms with Gasteiger partial charge in [-0.1, -0.05) is 26.8 Å². The zero-order chi connectivity index (χ0) is 30.7. The van der Waals surface area contributed by atoms with Crippen LogP contribution >= 0.6 is 0 Å². The zero-order valence-electron chi connectivity index (χ0n) is 24.8. The molecule has 0 amide bonds. The number of carboxylic acid groups (broad SMARTS) is 1. The van der Waals surface area contributed by atoms with E-state index in [9.17, 15) is 24.3 Å². The first-order chi connectivity index (χ1) is 18.6. The highest BCUT2D eigenvalue weighted by Gasteiger charge is 2.45. The first-order valence-corrected chi connectivity index (χ1v) is 13.4. The van der Waals surface area contributed by atoms with Gasteiger partial charge in [-0.15, -0.1) is 0 Å². The number of ether oxygens (including phenoxy) is 6. The van der Waals surface area contributed by atoms with Gasteiger partial charge in [0.25, 0.3) is 5.72 Å². The summed E-state index contributed by atoms with van der Waals surface area (Å²) in [6, 6.07) is 3.60. The summed E-state index contributed by atoms with van der Waals surface area (Å²) in [6.45, 7) is 15.5. The fraction of sp³-hybridized carbons (Fsp3) is 0.643. The van der Waals surface area contributed by atoms with E-state index in [-0.39, 0.29) is 17.1 Å². The van der Waals surface area contributed by atoms with Crippen molar-refractivity contribution in [3.8, 4) is 11.5 Å². The van der Waals surface area contributed by atoms with Gasteiger partial charge in [-0.25, -0.2) is 19.2 Å². The molecule has 12 nitrogen and oxygen atoms in total. The predicted molar refractivity (Wildman–Crippen MR) is 144 cm³/mol. The van der Waals surface area contributed by atoms with Gasteiger partial charge >= 0.3 is 24.4 Å². The first kappa shape index (κ1) is 34.5. The molecule has 0 heterocycles. The predicted octanol–water partition coefficient (Wildman–Crippen LogP) is 5.98. The Labute approximate surface area is 235 Å². The van der Waals surface area contributed by atoms with Gasteiger partial charge in [0.15, 0.2) is 11.5 Å². The topological polar surface area (TPSA) is 156 Å². The average Bonchev–Trinajstić information content (AvgIpc) is 2.84. The Morgan fingerprint density at radius 1 is 0.825 bits per heavy atom.